The molecule has 20 heavy (non-hydrogen) atoms. The Morgan fingerprint density at radius 2 is 2.45 bits per heavy atom. The number of nitrogens with one attached hydrogen (secondary N) is 1. The number of hydrogen-bond donors (Lipinski definition) is 2. The molecule has 1 amide bonds. The monoisotopic (exact) mass is 291 g/mol. The molecule has 5 nitrogen and oxygen atoms in total. The van der Waals surface area contributed by atoms with Crippen LogP contribution in [0.4, 0.5) is 0 Å². The van der Waals surface area contributed by atoms with Crippen LogP contribution in [0.25, 0.3) is 0 Å². The molecular formula is C14H17N3O2S. The van der Waals surface area contributed by atoms with Crippen molar-refractivity contribution in [3.63, 3.8) is 0 Å². The molecule has 0 bridgehead atoms. The molecule has 3 rings (SSSR count). The highest BCUT2D eigenvalue weighted by molar-refractivity contribution is 7.10. The first kappa shape index (κ1) is 13.4. The van der Waals surface area contributed by atoms with Crippen molar-refractivity contribution in [3.05, 3.63) is 45.5 Å². The first-order valence-corrected chi connectivity index (χ1v) is 7.46. The molecule has 0 aromatic carbocycles. The second kappa shape index (κ2) is 5.40. The van der Waals surface area contributed by atoms with Crippen molar-refractivity contribution in [1.29, 1.82) is 0 Å². The van der Waals surface area contributed by atoms with E-state index in [0.29, 0.717) is 23.9 Å². The molecule has 1 unspecified atom stereocenters. The zero-order valence-electron chi connectivity index (χ0n) is 11.3. The highest BCUT2D eigenvalue weighted by Crippen LogP contribution is 2.34. The van der Waals surface area contributed by atoms with Gasteiger partial charge in [0.05, 0.1) is 18.4 Å². The summed E-state index contributed by atoms with van der Waals surface area (Å²) in [6.45, 7) is 3.78. The summed E-state index contributed by atoms with van der Waals surface area (Å²) in [5.74, 6) is 5.54. The van der Waals surface area contributed by atoms with Crippen molar-refractivity contribution >= 4 is 17.2 Å². The minimum atomic E-state index is -0.311. The summed E-state index contributed by atoms with van der Waals surface area (Å²) in [5, 5.41) is 2.14. The zero-order chi connectivity index (χ0) is 14.1. The predicted octanol–water partition coefficient (Wildman–Crippen LogP) is 2.06. The summed E-state index contributed by atoms with van der Waals surface area (Å²) in [7, 11) is 0. The van der Waals surface area contributed by atoms with E-state index in [9.17, 15) is 4.79 Å². The van der Waals surface area contributed by atoms with Crippen LogP contribution in [0, 0.1) is 0 Å². The Morgan fingerprint density at radius 1 is 1.60 bits per heavy atom. The SMILES string of the molecule is CC1c2ccsc2CCN1Cc1occc1C(=O)NN. The number of nitrogens with zero attached hydrogens (tertiary/aromatic N) is 1. The van der Waals surface area contributed by atoms with Crippen molar-refractivity contribution in [3.8, 4) is 0 Å². The number of nitrogens with two attached hydrogens (primary N) is 1. The maximum absolute atomic E-state index is 11.7. The van der Waals surface area contributed by atoms with E-state index < -0.39 is 0 Å². The molecule has 0 saturated carbocycles. The largest absolute Gasteiger partial charge is 0.467 e. The van der Waals surface area contributed by atoms with Gasteiger partial charge in [0.25, 0.3) is 5.91 Å². The molecule has 106 valence electrons. The van der Waals surface area contributed by atoms with Crippen LogP contribution in [0.5, 0.6) is 0 Å². The minimum absolute atomic E-state index is 0.311. The van der Waals surface area contributed by atoms with E-state index in [1.807, 2.05) is 11.3 Å². The average Bonchev–Trinajstić information content (AvgIpc) is 3.10. The van der Waals surface area contributed by atoms with Crippen molar-refractivity contribution < 1.29 is 9.21 Å². The van der Waals surface area contributed by atoms with Crippen LogP contribution in [0.3, 0.4) is 0 Å². The number of carbonyl (C=O) groups excluding carboxylic acids is 1. The molecule has 6 heteroatoms. The van der Waals surface area contributed by atoms with E-state index in [1.165, 1.54) is 16.7 Å². The molecular weight excluding hydrogens is 274 g/mol. The molecule has 1 atom stereocenters. The lowest BCUT2D eigenvalue weighted by Crippen LogP contribution is -2.34. The van der Waals surface area contributed by atoms with E-state index in [-0.39, 0.29) is 5.91 Å². The quantitative estimate of drug-likeness (QED) is 0.516. The normalized spacial score (nSPS) is 18.8. The molecule has 3 N–H and O–H groups in total. The summed E-state index contributed by atoms with van der Waals surface area (Å²) < 4.78 is 5.45. The van der Waals surface area contributed by atoms with Gasteiger partial charge in [-0.05, 0) is 36.4 Å². The van der Waals surface area contributed by atoms with Gasteiger partial charge in [0.15, 0.2) is 0 Å². The highest BCUT2D eigenvalue weighted by Gasteiger charge is 2.26. The van der Waals surface area contributed by atoms with Gasteiger partial charge in [-0.2, -0.15) is 0 Å². The summed E-state index contributed by atoms with van der Waals surface area (Å²) in [6.07, 6.45) is 2.58. The second-order valence-electron chi connectivity index (χ2n) is 4.93. The second-order valence-corrected chi connectivity index (χ2v) is 5.93. The van der Waals surface area contributed by atoms with Crippen molar-refractivity contribution in [2.45, 2.75) is 25.9 Å². The Bertz CT molecular complexity index is 619. The van der Waals surface area contributed by atoms with Crippen LogP contribution in [-0.4, -0.2) is 17.4 Å². The van der Waals surface area contributed by atoms with Crippen molar-refractivity contribution in [2.24, 2.45) is 5.84 Å². The molecule has 0 saturated heterocycles. The third-order valence-electron chi connectivity index (χ3n) is 3.87. The number of rotatable bonds is 3. The lowest BCUT2D eigenvalue weighted by molar-refractivity contribution is 0.0948. The fourth-order valence-corrected chi connectivity index (χ4v) is 3.67. The number of hydrogen-bond acceptors (Lipinski definition) is 5. The van der Waals surface area contributed by atoms with Crippen molar-refractivity contribution in [2.75, 3.05) is 6.54 Å². The zero-order valence-corrected chi connectivity index (χ0v) is 12.1. The van der Waals surface area contributed by atoms with Crippen LogP contribution >= 0.6 is 11.3 Å². The third kappa shape index (κ3) is 2.26. The van der Waals surface area contributed by atoms with Crippen molar-refractivity contribution in [1.82, 2.24) is 10.3 Å². The Balaban J connectivity index is 1.80. The van der Waals surface area contributed by atoms with Crippen LogP contribution in [0.15, 0.2) is 28.2 Å². The molecule has 1 aliphatic heterocycles. The Kier molecular flexibility index (Phi) is 3.60. The number of fused-ring (bicyclic) bond motifs is 1. The highest BCUT2D eigenvalue weighted by atomic mass is 32.1. The molecule has 3 heterocycles. The number of nitrogen functional groups attached to an aromatic ring is 1. The standard InChI is InChI=1S/C14H17N3O2S/c1-9-10-4-7-20-13(10)2-5-17(9)8-12-11(3-6-19-12)14(18)16-15/h3-4,6-7,9H,2,5,8,15H2,1H3,(H,16,18). The van der Waals surface area contributed by atoms with Crippen LogP contribution in [0.1, 0.15) is 39.5 Å². The summed E-state index contributed by atoms with van der Waals surface area (Å²) >= 11 is 1.82. The fraction of sp³-hybridized carbons (Fsp3) is 0.357. The lowest BCUT2D eigenvalue weighted by Gasteiger charge is -2.33. The van der Waals surface area contributed by atoms with Gasteiger partial charge < -0.3 is 4.42 Å². The number of furan rings is 1. The van der Waals surface area contributed by atoms with Gasteiger partial charge in [0, 0.05) is 17.5 Å². The van der Waals surface area contributed by atoms with E-state index in [0.717, 1.165) is 13.0 Å². The minimum Gasteiger partial charge on any atom is -0.467 e. The van der Waals surface area contributed by atoms with E-state index >= 15 is 0 Å². The summed E-state index contributed by atoms with van der Waals surface area (Å²) in [6, 6.07) is 4.18. The maximum atomic E-state index is 11.7. The van der Waals surface area contributed by atoms with Gasteiger partial charge in [0.2, 0.25) is 0 Å². The van der Waals surface area contributed by atoms with Gasteiger partial charge in [-0.15, -0.1) is 11.3 Å². The first-order valence-electron chi connectivity index (χ1n) is 6.58. The predicted molar refractivity (Wildman–Crippen MR) is 77.2 cm³/mol. The Morgan fingerprint density at radius 3 is 3.25 bits per heavy atom. The Labute approximate surface area is 121 Å². The first-order chi connectivity index (χ1) is 9.70. The van der Waals surface area contributed by atoms with Crippen LogP contribution in [0.2, 0.25) is 0 Å². The molecule has 0 fully saturated rings. The summed E-state index contributed by atoms with van der Waals surface area (Å²) in [5.41, 5.74) is 4.05. The van der Waals surface area contributed by atoms with Gasteiger partial charge >= 0.3 is 0 Å². The van der Waals surface area contributed by atoms with E-state index in [2.05, 4.69) is 28.7 Å². The molecule has 1 aliphatic rings. The molecule has 0 aliphatic carbocycles. The van der Waals surface area contributed by atoms with Gasteiger partial charge in [-0.1, -0.05) is 0 Å². The maximum Gasteiger partial charge on any atom is 0.268 e. The van der Waals surface area contributed by atoms with Crippen LogP contribution < -0.4 is 11.3 Å². The van der Waals surface area contributed by atoms with Crippen LogP contribution in [-0.2, 0) is 13.0 Å². The molecule has 2 aromatic rings. The summed E-state index contributed by atoms with van der Waals surface area (Å²) in [4.78, 5) is 15.4. The van der Waals surface area contributed by atoms with E-state index in [4.69, 9.17) is 10.3 Å². The van der Waals surface area contributed by atoms with Gasteiger partial charge in [-0.3, -0.25) is 15.1 Å². The molecule has 0 spiro atoms. The smallest absolute Gasteiger partial charge is 0.268 e. The third-order valence-corrected chi connectivity index (χ3v) is 4.87. The number of amides is 1. The topological polar surface area (TPSA) is 71.5 Å². The van der Waals surface area contributed by atoms with Gasteiger partial charge in [0.1, 0.15) is 5.76 Å². The Hall–Kier alpha value is -1.63. The number of hydrazine groups is 1. The van der Waals surface area contributed by atoms with Gasteiger partial charge in [-0.25, -0.2) is 5.84 Å². The number of carbonyl (C=O) groups is 1. The number of thiophene rings is 1. The lowest BCUT2D eigenvalue weighted by atomic mass is 10.0. The fourth-order valence-electron chi connectivity index (χ4n) is 2.71. The average molecular weight is 291 g/mol. The molecule has 0 radical (unpaired) electrons. The van der Waals surface area contributed by atoms with E-state index in [1.54, 1.807) is 6.07 Å². The molecule has 2 aromatic heterocycles.